The van der Waals surface area contributed by atoms with E-state index in [-0.39, 0.29) is 40.2 Å². The second-order valence-electron chi connectivity index (χ2n) is 7.40. The minimum atomic E-state index is -0.856. The first-order chi connectivity index (χ1) is 10.0. The van der Waals surface area contributed by atoms with Gasteiger partial charge in [0.15, 0.2) is 5.96 Å². The second kappa shape index (κ2) is 11.6. The third-order valence-electron chi connectivity index (χ3n) is 3.27. The van der Waals surface area contributed by atoms with Crippen LogP contribution in [-0.2, 0) is 15.5 Å². The number of hydrogen-bond acceptors (Lipinski definition) is 3. The highest BCUT2D eigenvalue weighted by Crippen LogP contribution is 2.21. The summed E-state index contributed by atoms with van der Waals surface area (Å²) in [5.74, 6) is 1.36. The zero-order chi connectivity index (χ0) is 17.4. The largest absolute Gasteiger partial charge is 0.379 e. The van der Waals surface area contributed by atoms with E-state index in [9.17, 15) is 4.21 Å². The van der Waals surface area contributed by atoms with Crippen LogP contribution >= 0.6 is 24.0 Å². The molecule has 0 spiro atoms. The normalized spacial score (nSPS) is 15.6. The third kappa shape index (κ3) is 11.3. The molecule has 2 unspecified atom stereocenters. The number of aliphatic imine (C=N–C) groups is 1. The van der Waals surface area contributed by atoms with Crippen LogP contribution in [0.4, 0.5) is 0 Å². The summed E-state index contributed by atoms with van der Waals surface area (Å²) in [4.78, 5) is 4.58. The summed E-state index contributed by atoms with van der Waals surface area (Å²) in [6.45, 7) is 16.5. The van der Waals surface area contributed by atoms with Crippen LogP contribution in [0.1, 0.15) is 48.5 Å². The molecule has 0 aromatic rings. The SMILES string of the molecule is CCNC(=NCC(OC)C(C)(C)C)NCCS(=O)C(C)(C)C.I. The number of nitrogens with one attached hydrogen (secondary N) is 2. The van der Waals surface area contributed by atoms with Crippen LogP contribution in [0.2, 0.25) is 0 Å². The zero-order valence-corrected chi connectivity index (χ0v) is 19.1. The fourth-order valence-electron chi connectivity index (χ4n) is 1.79. The minimum Gasteiger partial charge on any atom is -0.379 e. The molecule has 2 atom stereocenters. The van der Waals surface area contributed by atoms with Gasteiger partial charge in [-0.05, 0) is 33.1 Å². The molecule has 2 N–H and O–H groups in total. The van der Waals surface area contributed by atoms with E-state index >= 15 is 0 Å². The number of rotatable bonds is 7. The van der Waals surface area contributed by atoms with E-state index in [1.54, 1.807) is 7.11 Å². The molecule has 0 amide bonds. The Morgan fingerprint density at radius 3 is 2.13 bits per heavy atom. The van der Waals surface area contributed by atoms with Crippen molar-refractivity contribution in [2.45, 2.75) is 59.3 Å². The molecule has 0 aromatic heterocycles. The van der Waals surface area contributed by atoms with Crippen molar-refractivity contribution in [3.05, 3.63) is 0 Å². The van der Waals surface area contributed by atoms with E-state index < -0.39 is 10.8 Å². The number of methoxy groups -OCH3 is 1. The monoisotopic (exact) mass is 461 g/mol. The van der Waals surface area contributed by atoms with Gasteiger partial charge in [-0.2, -0.15) is 0 Å². The molecular weight excluding hydrogens is 425 g/mol. The van der Waals surface area contributed by atoms with Gasteiger partial charge in [-0.15, -0.1) is 24.0 Å². The maximum Gasteiger partial charge on any atom is 0.191 e. The van der Waals surface area contributed by atoms with E-state index in [1.807, 2.05) is 27.7 Å². The first-order valence-electron chi connectivity index (χ1n) is 7.95. The Hall–Kier alpha value is 0.110. The number of guanidine groups is 1. The average Bonchev–Trinajstić information content (AvgIpc) is 2.36. The van der Waals surface area contributed by atoms with Crippen molar-refractivity contribution in [2.75, 3.05) is 32.5 Å². The van der Waals surface area contributed by atoms with Crippen molar-refractivity contribution in [1.29, 1.82) is 0 Å². The minimum absolute atomic E-state index is 0. The van der Waals surface area contributed by atoms with Crippen LogP contribution in [0.25, 0.3) is 0 Å². The molecule has 7 heteroatoms. The molecule has 5 nitrogen and oxygen atoms in total. The van der Waals surface area contributed by atoms with Crippen LogP contribution < -0.4 is 10.6 Å². The van der Waals surface area contributed by atoms with Crippen molar-refractivity contribution in [1.82, 2.24) is 10.6 Å². The molecule has 0 saturated carbocycles. The Kier molecular flexibility index (Phi) is 12.8. The smallest absolute Gasteiger partial charge is 0.191 e. The van der Waals surface area contributed by atoms with Gasteiger partial charge in [-0.3, -0.25) is 9.20 Å². The molecular formula is C16H36IN3O2S. The molecule has 0 bridgehead atoms. The quantitative estimate of drug-likeness (QED) is 0.348. The number of hydrogen-bond donors (Lipinski definition) is 2. The first kappa shape index (κ1) is 25.4. The topological polar surface area (TPSA) is 62.7 Å². The first-order valence-corrected chi connectivity index (χ1v) is 9.27. The van der Waals surface area contributed by atoms with Gasteiger partial charge in [0.25, 0.3) is 0 Å². The van der Waals surface area contributed by atoms with E-state index in [0.717, 1.165) is 12.5 Å². The molecule has 0 aliphatic rings. The maximum atomic E-state index is 12.0. The lowest BCUT2D eigenvalue weighted by Crippen LogP contribution is -2.41. The highest BCUT2D eigenvalue weighted by molar-refractivity contribution is 14.0. The Morgan fingerprint density at radius 1 is 1.17 bits per heavy atom. The molecule has 140 valence electrons. The van der Waals surface area contributed by atoms with Crippen molar-refractivity contribution < 1.29 is 8.95 Å². The molecule has 0 aliphatic heterocycles. The number of nitrogens with zero attached hydrogens (tertiary/aromatic N) is 1. The summed E-state index contributed by atoms with van der Waals surface area (Å²) in [6, 6.07) is 0. The van der Waals surface area contributed by atoms with E-state index in [2.05, 4.69) is 36.4 Å². The lowest BCUT2D eigenvalue weighted by Gasteiger charge is -2.28. The Morgan fingerprint density at radius 2 is 1.74 bits per heavy atom. The summed E-state index contributed by atoms with van der Waals surface area (Å²) in [5, 5.41) is 6.46. The summed E-state index contributed by atoms with van der Waals surface area (Å²) >= 11 is 0. The van der Waals surface area contributed by atoms with Gasteiger partial charge in [0.1, 0.15) is 0 Å². The molecule has 0 saturated heterocycles. The fourth-order valence-corrected chi connectivity index (χ4v) is 2.69. The lowest BCUT2D eigenvalue weighted by atomic mass is 9.89. The van der Waals surface area contributed by atoms with Gasteiger partial charge < -0.3 is 15.4 Å². The summed E-state index contributed by atoms with van der Waals surface area (Å²) in [7, 11) is 0.864. The predicted molar refractivity (Wildman–Crippen MR) is 112 cm³/mol. The van der Waals surface area contributed by atoms with Crippen molar-refractivity contribution in [3.63, 3.8) is 0 Å². The van der Waals surface area contributed by atoms with Gasteiger partial charge >= 0.3 is 0 Å². The van der Waals surface area contributed by atoms with Gasteiger partial charge in [0.2, 0.25) is 0 Å². The number of halogens is 1. The Labute approximate surface area is 162 Å². The van der Waals surface area contributed by atoms with Crippen molar-refractivity contribution in [2.24, 2.45) is 10.4 Å². The van der Waals surface area contributed by atoms with Crippen LogP contribution in [0.5, 0.6) is 0 Å². The Bertz CT molecular complexity index is 377. The molecule has 0 radical (unpaired) electrons. The van der Waals surface area contributed by atoms with Crippen LogP contribution in [-0.4, -0.2) is 53.5 Å². The molecule has 0 aliphatic carbocycles. The fraction of sp³-hybridized carbons (Fsp3) is 0.938. The highest BCUT2D eigenvalue weighted by Gasteiger charge is 2.24. The average molecular weight is 461 g/mol. The van der Waals surface area contributed by atoms with Gasteiger partial charge in [0.05, 0.1) is 12.6 Å². The molecule has 0 aromatic carbocycles. The Balaban J connectivity index is 0. The molecule has 0 fully saturated rings. The summed E-state index contributed by atoms with van der Waals surface area (Å²) in [6.07, 6.45) is 0.0617. The molecule has 0 rings (SSSR count). The predicted octanol–water partition coefficient (Wildman–Crippen LogP) is 2.77. The highest BCUT2D eigenvalue weighted by atomic mass is 127. The number of ether oxygens (including phenoxy) is 1. The summed E-state index contributed by atoms with van der Waals surface area (Å²) < 4.78 is 17.4. The van der Waals surface area contributed by atoms with Crippen LogP contribution in [0, 0.1) is 5.41 Å². The van der Waals surface area contributed by atoms with E-state index in [0.29, 0.717) is 18.8 Å². The lowest BCUT2D eigenvalue weighted by molar-refractivity contribution is 0.0241. The van der Waals surface area contributed by atoms with Crippen LogP contribution in [0.15, 0.2) is 4.99 Å². The van der Waals surface area contributed by atoms with E-state index in [1.165, 1.54) is 0 Å². The third-order valence-corrected chi connectivity index (χ3v) is 5.21. The van der Waals surface area contributed by atoms with Gasteiger partial charge in [-0.25, -0.2) is 0 Å². The molecule has 23 heavy (non-hydrogen) atoms. The van der Waals surface area contributed by atoms with Gasteiger partial charge in [-0.1, -0.05) is 20.8 Å². The van der Waals surface area contributed by atoms with Gasteiger partial charge in [0, 0.05) is 41.5 Å². The van der Waals surface area contributed by atoms with Crippen LogP contribution in [0.3, 0.4) is 0 Å². The van der Waals surface area contributed by atoms with Crippen molar-refractivity contribution >= 4 is 40.7 Å². The van der Waals surface area contributed by atoms with E-state index in [4.69, 9.17) is 4.74 Å². The molecule has 0 heterocycles. The standard InChI is InChI=1S/C16H35N3O2S.HI/c1-9-17-14(18-10-11-22(20)16(5,6)7)19-12-13(21-8)15(2,3)4;/h13H,9-12H2,1-8H3,(H2,17,18,19);1H. The summed E-state index contributed by atoms with van der Waals surface area (Å²) in [5.41, 5.74) is 0.0449. The van der Waals surface area contributed by atoms with Crippen molar-refractivity contribution in [3.8, 4) is 0 Å². The maximum absolute atomic E-state index is 12.0. The second-order valence-corrected chi connectivity index (χ2v) is 9.72. The zero-order valence-electron chi connectivity index (χ0n) is 16.0.